The van der Waals surface area contributed by atoms with Gasteiger partial charge in [-0.15, -0.1) is 24.8 Å². The average molecular weight is 361 g/mol. The number of benzene rings is 1. The van der Waals surface area contributed by atoms with Gasteiger partial charge in [0.05, 0.1) is 12.1 Å². The van der Waals surface area contributed by atoms with Crippen molar-refractivity contribution in [3.63, 3.8) is 0 Å². The molecule has 0 fully saturated rings. The largest absolute Gasteiger partial charge is 0.478 e. The van der Waals surface area contributed by atoms with E-state index in [-0.39, 0.29) is 30.4 Å². The van der Waals surface area contributed by atoms with E-state index in [9.17, 15) is 4.79 Å². The smallest absolute Gasteiger partial charge is 0.335 e. The van der Waals surface area contributed by atoms with Crippen molar-refractivity contribution < 1.29 is 14.3 Å². The molecule has 0 amide bonds. The van der Waals surface area contributed by atoms with Crippen LogP contribution in [-0.4, -0.2) is 43.2 Å². The van der Waals surface area contributed by atoms with Gasteiger partial charge in [0.2, 0.25) is 0 Å². The summed E-state index contributed by atoms with van der Waals surface area (Å²) in [6, 6.07) is 10.5. The van der Waals surface area contributed by atoms with Crippen molar-refractivity contribution in [1.29, 1.82) is 0 Å². The number of hydrogen-bond acceptors (Lipinski definition) is 4. The van der Waals surface area contributed by atoms with Crippen LogP contribution in [-0.2, 0) is 6.54 Å². The van der Waals surface area contributed by atoms with E-state index in [2.05, 4.69) is 10.2 Å². The number of nitrogens with zero attached hydrogens (tertiary/aromatic N) is 1. The van der Waals surface area contributed by atoms with Gasteiger partial charge in [-0.3, -0.25) is 0 Å². The number of hydrogen-bond donors (Lipinski definition) is 2. The summed E-state index contributed by atoms with van der Waals surface area (Å²) in [5, 5.41) is 12.3. The molecule has 0 aliphatic carbocycles. The molecule has 1 aromatic heterocycles. The van der Waals surface area contributed by atoms with Gasteiger partial charge in [-0.2, -0.15) is 0 Å². The minimum Gasteiger partial charge on any atom is -0.478 e. The Kier molecular flexibility index (Phi) is 9.60. The molecule has 1 aromatic carbocycles. The molecule has 0 spiro atoms. The highest BCUT2D eigenvalue weighted by Gasteiger charge is 2.08. The van der Waals surface area contributed by atoms with Crippen LogP contribution in [0.4, 0.5) is 0 Å². The molecule has 0 saturated carbocycles. The van der Waals surface area contributed by atoms with E-state index in [1.165, 1.54) is 0 Å². The van der Waals surface area contributed by atoms with Gasteiger partial charge < -0.3 is 19.7 Å². The Bertz CT molecular complexity index is 615. The summed E-state index contributed by atoms with van der Waals surface area (Å²) in [7, 11) is 4.06. The number of likely N-dealkylation sites (N-methyl/N-ethyl adjacent to an activating group) is 1. The molecule has 0 atom stereocenters. The molecule has 2 N–H and O–H groups in total. The third-order valence-electron chi connectivity index (χ3n) is 3.09. The van der Waals surface area contributed by atoms with Gasteiger partial charge >= 0.3 is 5.97 Å². The second kappa shape index (κ2) is 10.3. The molecule has 2 rings (SSSR count). The molecule has 2 aromatic rings. The van der Waals surface area contributed by atoms with Crippen LogP contribution in [0.15, 0.2) is 40.8 Å². The summed E-state index contributed by atoms with van der Waals surface area (Å²) < 4.78 is 5.74. The zero-order valence-electron chi connectivity index (χ0n) is 13.1. The van der Waals surface area contributed by atoms with Crippen molar-refractivity contribution in [1.82, 2.24) is 10.2 Å². The number of aromatic carboxylic acids is 1. The molecule has 23 heavy (non-hydrogen) atoms. The predicted molar refractivity (Wildman–Crippen MR) is 95.9 cm³/mol. The lowest BCUT2D eigenvalue weighted by Crippen LogP contribution is -2.25. The van der Waals surface area contributed by atoms with Crippen LogP contribution in [0.1, 0.15) is 16.1 Å². The van der Waals surface area contributed by atoms with Crippen LogP contribution in [0, 0.1) is 0 Å². The van der Waals surface area contributed by atoms with Crippen molar-refractivity contribution in [3.8, 4) is 11.3 Å². The Morgan fingerprint density at radius 3 is 2.61 bits per heavy atom. The number of nitrogens with one attached hydrogen (secondary N) is 1. The molecule has 0 radical (unpaired) electrons. The van der Waals surface area contributed by atoms with Crippen molar-refractivity contribution in [2.24, 2.45) is 0 Å². The number of furan rings is 1. The van der Waals surface area contributed by atoms with E-state index >= 15 is 0 Å². The first-order valence-corrected chi connectivity index (χ1v) is 6.84. The average Bonchev–Trinajstić information content (AvgIpc) is 2.92. The molecule has 128 valence electrons. The molecule has 0 aliphatic rings. The topological polar surface area (TPSA) is 65.7 Å². The molecule has 0 unspecified atom stereocenters. The third kappa shape index (κ3) is 6.62. The first-order valence-electron chi connectivity index (χ1n) is 6.84. The number of carbonyl (C=O) groups is 1. The van der Waals surface area contributed by atoms with Gasteiger partial charge in [-0.1, -0.05) is 12.1 Å². The SMILES string of the molecule is CN(C)CCNCc1ccc(-c2cccc(C(=O)O)c2)o1.Cl.Cl. The monoisotopic (exact) mass is 360 g/mol. The molecule has 1 heterocycles. The molecule has 0 saturated heterocycles. The van der Waals surface area contributed by atoms with E-state index in [1.807, 2.05) is 32.3 Å². The third-order valence-corrected chi connectivity index (χ3v) is 3.09. The minimum atomic E-state index is -0.936. The van der Waals surface area contributed by atoms with E-state index in [0.717, 1.165) is 24.4 Å². The second-order valence-corrected chi connectivity index (χ2v) is 5.13. The van der Waals surface area contributed by atoms with E-state index in [1.54, 1.807) is 18.2 Å². The summed E-state index contributed by atoms with van der Waals surface area (Å²) in [4.78, 5) is 13.1. The van der Waals surface area contributed by atoms with Gasteiger partial charge in [0, 0.05) is 18.7 Å². The number of carboxylic acids is 1. The minimum absolute atomic E-state index is 0. The molecular weight excluding hydrogens is 339 g/mol. The maximum absolute atomic E-state index is 11.0. The maximum atomic E-state index is 11.0. The molecule has 0 aliphatic heterocycles. The lowest BCUT2D eigenvalue weighted by Gasteiger charge is -2.09. The summed E-state index contributed by atoms with van der Waals surface area (Å²) in [5.74, 6) is 0.584. The van der Waals surface area contributed by atoms with Gasteiger partial charge in [0.25, 0.3) is 0 Å². The van der Waals surface area contributed by atoms with E-state index in [0.29, 0.717) is 12.3 Å². The molecule has 5 nitrogen and oxygen atoms in total. The Morgan fingerprint density at radius 1 is 1.22 bits per heavy atom. The highest BCUT2D eigenvalue weighted by atomic mass is 35.5. The Morgan fingerprint density at radius 2 is 1.96 bits per heavy atom. The first-order chi connectivity index (χ1) is 10.1. The second-order valence-electron chi connectivity index (χ2n) is 5.13. The highest BCUT2D eigenvalue weighted by molar-refractivity contribution is 5.89. The van der Waals surface area contributed by atoms with E-state index < -0.39 is 5.97 Å². The maximum Gasteiger partial charge on any atom is 0.335 e. The normalized spacial score (nSPS) is 10.0. The fourth-order valence-corrected chi connectivity index (χ4v) is 1.95. The molecule has 7 heteroatoms. The Hall–Kier alpha value is -1.53. The summed E-state index contributed by atoms with van der Waals surface area (Å²) in [6.07, 6.45) is 0. The predicted octanol–water partition coefficient (Wildman–Crippen LogP) is 3.14. The number of halogens is 2. The van der Waals surface area contributed by atoms with Gasteiger partial charge in [0.1, 0.15) is 11.5 Å². The molecular formula is C16H22Cl2N2O3. The van der Waals surface area contributed by atoms with Crippen LogP contribution in [0.3, 0.4) is 0 Å². The lowest BCUT2D eigenvalue weighted by atomic mass is 10.1. The van der Waals surface area contributed by atoms with Gasteiger partial charge in [0.15, 0.2) is 0 Å². The fraction of sp³-hybridized carbons (Fsp3) is 0.312. The number of carboxylic acid groups (broad SMARTS) is 1. The van der Waals surface area contributed by atoms with Gasteiger partial charge in [-0.05, 0) is 38.4 Å². The van der Waals surface area contributed by atoms with Crippen molar-refractivity contribution in [2.45, 2.75) is 6.54 Å². The summed E-state index contributed by atoms with van der Waals surface area (Å²) in [5.41, 5.74) is 1.03. The fourth-order valence-electron chi connectivity index (χ4n) is 1.95. The first kappa shape index (κ1) is 21.5. The summed E-state index contributed by atoms with van der Waals surface area (Å²) in [6.45, 7) is 2.51. The quantitative estimate of drug-likeness (QED) is 0.742. The zero-order chi connectivity index (χ0) is 15.2. The van der Waals surface area contributed by atoms with Crippen LogP contribution in [0.25, 0.3) is 11.3 Å². The standard InChI is InChI=1S/C16H20N2O3.2ClH/c1-18(2)9-8-17-11-14-6-7-15(21-14)12-4-3-5-13(10-12)16(19)20;;/h3-7,10,17H,8-9,11H2,1-2H3,(H,19,20);2*1H. The van der Waals surface area contributed by atoms with Crippen LogP contribution >= 0.6 is 24.8 Å². The zero-order valence-corrected chi connectivity index (χ0v) is 14.7. The van der Waals surface area contributed by atoms with Crippen LogP contribution < -0.4 is 5.32 Å². The lowest BCUT2D eigenvalue weighted by molar-refractivity contribution is 0.0697. The van der Waals surface area contributed by atoms with Crippen LogP contribution in [0.5, 0.6) is 0 Å². The van der Waals surface area contributed by atoms with Crippen molar-refractivity contribution in [3.05, 3.63) is 47.7 Å². The Balaban J connectivity index is 0.00000242. The summed E-state index contributed by atoms with van der Waals surface area (Å²) >= 11 is 0. The Labute approximate surface area is 148 Å². The van der Waals surface area contributed by atoms with Crippen molar-refractivity contribution in [2.75, 3.05) is 27.2 Å². The van der Waals surface area contributed by atoms with E-state index in [4.69, 9.17) is 9.52 Å². The van der Waals surface area contributed by atoms with Crippen LogP contribution in [0.2, 0.25) is 0 Å². The highest BCUT2D eigenvalue weighted by Crippen LogP contribution is 2.23. The number of rotatable bonds is 7. The molecule has 0 bridgehead atoms. The van der Waals surface area contributed by atoms with Crippen molar-refractivity contribution >= 4 is 30.8 Å². The van der Waals surface area contributed by atoms with Gasteiger partial charge in [-0.25, -0.2) is 4.79 Å².